The number of benzene rings is 2. The number of hydrogen-bond acceptors (Lipinski definition) is 6. The molecule has 0 heterocycles. The fraction of sp³-hybridized carbons (Fsp3) is 0.300. The zero-order valence-corrected chi connectivity index (χ0v) is 17.1. The Bertz CT molecular complexity index is 942. The molecule has 2 rings (SSSR count). The predicted octanol–water partition coefficient (Wildman–Crippen LogP) is 2.57. The highest BCUT2D eigenvalue weighted by atomic mass is 32.2. The van der Waals surface area contributed by atoms with Gasteiger partial charge in [-0.05, 0) is 55.8 Å². The highest BCUT2D eigenvalue weighted by Gasteiger charge is 2.17. The molecule has 0 aliphatic rings. The second-order valence-corrected chi connectivity index (χ2v) is 7.77. The summed E-state index contributed by atoms with van der Waals surface area (Å²) < 4.78 is 37.1. The second kappa shape index (κ2) is 10.6. The van der Waals surface area contributed by atoms with Crippen molar-refractivity contribution in [1.82, 2.24) is 4.72 Å². The summed E-state index contributed by atoms with van der Waals surface area (Å²) in [4.78, 5) is 24.1. The van der Waals surface area contributed by atoms with Crippen molar-refractivity contribution in [2.75, 3.05) is 25.1 Å². The summed E-state index contributed by atoms with van der Waals surface area (Å²) in [5.41, 5.74) is 0.572. The highest BCUT2D eigenvalue weighted by Crippen LogP contribution is 2.16. The van der Waals surface area contributed by atoms with E-state index in [1.54, 1.807) is 24.3 Å². The third-order valence-electron chi connectivity index (χ3n) is 3.71. The van der Waals surface area contributed by atoms with Crippen LogP contribution in [0.15, 0.2) is 53.4 Å². The Morgan fingerprint density at radius 3 is 2.41 bits per heavy atom. The molecule has 9 heteroatoms. The van der Waals surface area contributed by atoms with Crippen LogP contribution in [0.2, 0.25) is 0 Å². The van der Waals surface area contributed by atoms with Crippen molar-refractivity contribution < 1.29 is 27.5 Å². The van der Waals surface area contributed by atoms with Gasteiger partial charge in [-0.1, -0.05) is 13.0 Å². The molecule has 0 saturated carbocycles. The van der Waals surface area contributed by atoms with E-state index in [0.29, 0.717) is 31.0 Å². The molecule has 0 atom stereocenters. The summed E-state index contributed by atoms with van der Waals surface area (Å²) in [7, 11) is -3.71. The van der Waals surface area contributed by atoms with E-state index in [0.717, 1.165) is 0 Å². The Kier molecular flexibility index (Phi) is 8.17. The molecule has 0 spiro atoms. The van der Waals surface area contributed by atoms with E-state index in [1.165, 1.54) is 24.3 Å². The minimum Gasteiger partial charge on any atom is -0.494 e. The Hall–Kier alpha value is -2.91. The molecule has 2 N–H and O–H groups in total. The quantitative estimate of drug-likeness (QED) is 0.572. The van der Waals surface area contributed by atoms with Crippen LogP contribution in [-0.4, -0.2) is 40.1 Å². The van der Waals surface area contributed by atoms with Crippen LogP contribution in [-0.2, 0) is 19.6 Å². The fourth-order valence-electron chi connectivity index (χ4n) is 2.32. The van der Waals surface area contributed by atoms with Crippen LogP contribution in [0.3, 0.4) is 0 Å². The molecule has 29 heavy (non-hydrogen) atoms. The first-order valence-electron chi connectivity index (χ1n) is 9.15. The van der Waals surface area contributed by atoms with Gasteiger partial charge in [0.2, 0.25) is 10.0 Å². The molecule has 0 aliphatic heterocycles. The van der Waals surface area contributed by atoms with Crippen molar-refractivity contribution in [2.24, 2.45) is 0 Å². The Labute approximate surface area is 170 Å². The largest absolute Gasteiger partial charge is 0.494 e. The van der Waals surface area contributed by atoms with Crippen LogP contribution in [0.1, 0.15) is 30.6 Å². The molecular weight excluding hydrogens is 396 g/mol. The third-order valence-corrected chi connectivity index (χ3v) is 5.16. The highest BCUT2D eigenvalue weighted by molar-refractivity contribution is 7.89. The lowest BCUT2D eigenvalue weighted by Crippen LogP contribution is -2.25. The van der Waals surface area contributed by atoms with Gasteiger partial charge in [0.1, 0.15) is 5.75 Å². The summed E-state index contributed by atoms with van der Waals surface area (Å²) in [6.07, 6.45) is 0.643. The monoisotopic (exact) mass is 420 g/mol. The summed E-state index contributed by atoms with van der Waals surface area (Å²) in [5.74, 6) is -0.629. The predicted molar refractivity (Wildman–Crippen MR) is 108 cm³/mol. The molecule has 0 fully saturated rings. The van der Waals surface area contributed by atoms with Gasteiger partial charge < -0.3 is 14.8 Å². The van der Waals surface area contributed by atoms with Gasteiger partial charge in [-0.3, -0.25) is 4.79 Å². The van der Waals surface area contributed by atoms with E-state index in [9.17, 15) is 18.0 Å². The van der Waals surface area contributed by atoms with Crippen LogP contribution in [0.4, 0.5) is 5.69 Å². The molecule has 8 nitrogen and oxygen atoms in total. The molecule has 0 bridgehead atoms. The van der Waals surface area contributed by atoms with Crippen molar-refractivity contribution in [3.05, 3.63) is 54.1 Å². The standard InChI is InChI=1S/C20H24N2O6S/c1-3-12-21-29(25,26)18-7-5-6-15(13-18)20(24)28-14-19(23)22-16-8-10-17(11-9-16)27-4-2/h5-11,13,21H,3-4,12,14H2,1-2H3,(H,22,23). The van der Waals surface area contributed by atoms with Crippen molar-refractivity contribution in [1.29, 1.82) is 0 Å². The number of carbonyl (C=O) groups is 2. The summed E-state index contributed by atoms with van der Waals surface area (Å²) in [6, 6.07) is 12.2. The van der Waals surface area contributed by atoms with Crippen molar-refractivity contribution in [2.45, 2.75) is 25.2 Å². The number of sulfonamides is 1. The van der Waals surface area contributed by atoms with Gasteiger partial charge in [0.05, 0.1) is 17.1 Å². The molecule has 0 aliphatic carbocycles. The smallest absolute Gasteiger partial charge is 0.338 e. The lowest BCUT2D eigenvalue weighted by Gasteiger charge is -2.09. The minimum absolute atomic E-state index is 0.0400. The number of ether oxygens (including phenoxy) is 2. The first kappa shape index (κ1) is 22.4. The third kappa shape index (κ3) is 6.88. The van der Waals surface area contributed by atoms with E-state index in [-0.39, 0.29) is 10.5 Å². The van der Waals surface area contributed by atoms with Gasteiger partial charge in [0, 0.05) is 12.2 Å². The first-order chi connectivity index (χ1) is 13.9. The number of anilines is 1. The van der Waals surface area contributed by atoms with Crippen LogP contribution in [0.25, 0.3) is 0 Å². The maximum Gasteiger partial charge on any atom is 0.338 e. The molecule has 0 unspecified atom stereocenters. The molecule has 2 aromatic carbocycles. The van der Waals surface area contributed by atoms with Gasteiger partial charge in [0.25, 0.3) is 5.91 Å². The maximum absolute atomic E-state index is 12.2. The summed E-state index contributed by atoms with van der Waals surface area (Å²) in [6.45, 7) is 4.05. The van der Waals surface area contributed by atoms with E-state index < -0.39 is 28.5 Å². The average molecular weight is 420 g/mol. The molecule has 2 aromatic rings. The summed E-state index contributed by atoms with van der Waals surface area (Å²) >= 11 is 0. The van der Waals surface area contributed by atoms with Crippen molar-refractivity contribution in [3.8, 4) is 5.75 Å². The number of esters is 1. The van der Waals surface area contributed by atoms with E-state index in [2.05, 4.69) is 10.0 Å². The molecule has 0 radical (unpaired) electrons. The zero-order chi connectivity index (χ0) is 21.3. The van der Waals surface area contributed by atoms with Crippen molar-refractivity contribution >= 4 is 27.6 Å². The number of nitrogens with one attached hydrogen (secondary N) is 2. The van der Waals surface area contributed by atoms with Gasteiger partial charge in [-0.15, -0.1) is 0 Å². The Morgan fingerprint density at radius 1 is 1.03 bits per heavy atom. The lowest BCUT2D eigenvalue weighted by molar-refractivity contribution is -0.119. The van der Waals surface area contributed by atoms with Crippen LogP contribution in [0, 0.1) is 0 Å². The Morgan fingerprint density at radius 2 is 1.76 bits per heavy atom. The fourth-order valence-corrected chi connectivity index (χ4v) is 3.50. The van der Waals surface area contributed by atoms with Gasteiger partial charge in [-0.2, -0.15) is 0 Å². The SMILES string of the molecule is CCCNS(=O)(=O)c1cccc(C(=O)OCC(=O)Nc2ccc(OCC)cc2)c1. The molecule has 156 valence electrons. The van der Waals surface area contributed by atoms with Crippen molar-refractivity contribution in [3.63, 3.8) is 0 Å². The second-order valence-electron chi connectivity index (χ2n) is 6.01. The first-order valence-corrected chi connectivity index (χ1v) is 10.6. The zero-order valence-electron chi connectivity index (χ0n) is 16.3. The number of carbonyl (C=O) groups excluding carboxylic acids is 2. The van der Waals surface area contributed by atoms with Crippen LogP contribution >= 0.6 is 0 Å². The molecule has 0 aromatic heterocycles. The van der Waals surface area contributed by atoms with Gasteiger partial charge >= 0.3 is 5.97 Å². The number of hydrogen-bond donors (Lipinski definition) is 2. The molecule has 1 amide bonds. The number of rotatable bonds is 10. The Balaban J connectivity index is 1.93. The van der Waals surface area contributed by atoms with E-state index in [4.69, 9.17) is 9.47 Å². The average Bonchev–Trinajstić information content (AvgIpc) is 2.72. The normalized spacial score (nSPS) is 11.0. The lowest BCUT2D eigenvalue weighted by atomic mass is 10.2. The van der Waals surface area contributed by atoms with Crippen LogP contribution in [0.5, 0.6) is 5.75 Å². The van der Waals surface area contributed by atoms with Gasteiger partial charge in [0.15, 0.2) is 6.61 Å². The van der Waals surface area contributed by atoms with E-state index in [1.807, 2.05) is 13.8 Å². The summed E-state index contributed by atoms with van der Waals surface area (Å²) in [5, 5.41) is 2.60. The topological polar surface area (TPSA) is 111 Å². The molecule has 0 saturated heterocycles. The molecular formula is C20H24N2O6S. The van der Waals surface area contributed by atoms with E-state index >= 15 is 0 Å². The minimum atomic E-state index is -3.71. The number of amides is 1. The maximum atomic E-state index is 12.2. The van der Waals surface area contributed by atoms with Gasteiger partial charge in [-0.25, -0.2) is 17.9 Å². The van der Waals surface area contributed by atoms with Crippen LogP contribution < -0.4 is 14.8 Å².